The second-order valence-electron chi connectivity index (χ2n) is 3.88. The van der Waals surface area contributed by atoms with E-state index in [1.807, 2.05) is 30.3 Å². The third-order valence-corrected chi connectivity index (χ3v) is 2.86. The number of rotatable bonds is 3. The molecule has 1 aliphatic rings. The molecule has 0 radical (unpaired) electrons. The predicted octanol–water partition coefficient (Wildman–Crippen LogP) is 1.17. The number of aliphatic hydroxyl groups excluding tert-OH is 1. The van der Waals surface area contributed by atoms with Crippen LogP contribution in [0.25, 0.3) is 0 Å². The molecule has 3 heteroatoms. The van der Waals surface area contributed by atoms with E-state index in [2.05, 4.69) is 0 Å². The van der Waals surface area contributed by atoms with Crippen molar-refractivity contribution in [3.8, 4) is 0 Å². The van der Waals surface area contributed by atoms with E-state index in [-0.39, 0.29) is 18.6 Å². The molecule has 1 aliphatic heterocycles. The van der Waals surface area contributed by atoms with Gasteiger partial charge in [0.15, 0.2) is 0 Å². The van der Waals surface area contributed by atoms with Gasteiger partial charge >= 0.3 is 0 Å². The Hall–Kier alpha value is -1.35. The van der Waals surface area contributed by atoms with Crippen molar-refractivity contribution in [3.63, 3.8) is 0 Å². The molecule has 0 saturated carbocycles. The highest BCUT2D eigenvalue weighted by atomic mass is 16.3. The minimum absolute atomic E-state index is 0.0118. The molecule has 2 rings (SSSR count). The number of aliphatic hydroxyl groups is 1. The van der Waals surface area contributed by atoms with Gasteiger partial charge in [-0.1, -0.05) is 30.3 Å². The van der Waals surface area contributed by atoms with Crippen molar-refractivity contribution in [1.29, 1.82) is 0 Å². The van der Waals surface area contributed by atoms with E-state index >= 15 is 0 Å². The Morgan fingerprint density at radius 2 is 2.07 bits per heavy atom. The molecule has 1 amide bonds. The van der Waals surface area contributed by atoms with E-state index in [9.17, 15) is 4.79 Å². The summed E-state index contributed by atoms with van der Waals surface area (Å²) in [7, 11) is 0. The monoisotopic (exact) mass is 205 g/mol. The zero-order valence-electron chi connectivity index (χ0n) is 8.60. The molecule has 0 aliphatic carbocycles. The lowest BCUT2D eigenvalue weighted by Crippen LogP contribution is -2.34. The first kappa shape index (κ1) is 10.2. The van der Waals surface area contributed by atoms with Crippen molar-refractivity contribution >= 4 is 5.91 Å². The quantitative estimate of drug-likeness (QED) is 0.804. The summed E-state index contributed by atoms with van der Waals surface area (Å²) in [5.41, 5.74) is 1.12. The fourth-order valence-electron chi connectivity index (χ4n) is 1.98. The van der Waals surface area contributed by atoms with E-state index < -0.39 is 0 Å². The van der Waals surface area contributed by atoms with Crippen LogP contribution in [0, 0.1) is 0 Å². The van der Waals surface area contributed by atoms with Crippen LogP contribution in [0.3, 0.4) is 0 Å². The molecule has 1 fully saturated rings. The van der Waals surface area contributed by atoms with E-state index in [0.29, 0.717) is 13.0 Å². The number of hydrogen-bond donors (Lipinski definition) is 1. The maximum absolute atomic E-state index is 11.6. The van der Waals surface area contributed by atoms with Crippen LogP contribution in [0.2, 0.25) is 0 Å². The molecule has 1 N–H and O–H groups in total. The molecule has 0 aromatic heterocycles. The Morgan fingerprint density at radius 1 is 1.33 bits per heavy atom. The summed E-state index contributed by atoms with van der Waals surface area (Å²) in [6.45, 7) is 0.684. The maximum Gasteiger partial charge on any atom is 0.223 e. The second-order valence-corrected chi connectivity index (χ2v) is 3.88. The average molecular weight is 205 g/mol. The standard InChI is InChI=1S/C12H15NO2/c14-9-11-6-7-12(15)13(11)8-10-4-2-1-3-5-10/h1-5,11,14H,6-9H2/t11-/m1/s1. The number of carbonyl (C=O) groups is 1. The van der Waals surface area contributed by atoms with Crippen LogP contribution in [0.5, 0.6) is 0 Å². The molecule has 1 atom stereocenters. The van der Waals surface area contributed by atoms with E-state index in [4.69, 9.17) is 5.11 Å². The molecule has 1 saturated heterocycles. The highest BCUT2D eigenvalue weighted by Crippen LogP contribution is 2.20. The second kappa shape index (κ2) is 4.45. The van der Waals surface area contributed by atoms with Gasteiger partial charge in [-0.25, -0.2) is 0 Å². The van der Waals surface area contributed by atoms with Gasteiger partial charge in [0.2, 0.25) is 5.91 Å². The van der Waals surface area contributed by atoms with Gasteiger partial charge in [-0.15, -0.1) is 0 Å². The van der Waals surface area contributed by atoms with Crippen LogP contribution < -0.4 is 0 Å². The number of carbonyl (C=O) groups excluding carboxylic acids is 1. The van der Waals surface area contributed by atoms with Crippen molar-refractivity contribution in [2.24, 2.45) is 0 Å². The highest BCUT2D eigenvalue weighted by molar-refractivity contribution is 5.78. The van der Waals surface area contributed by atoms with Crippen LogP contribution in [-0.2, 0) is 11.3 Å². The number of benzene rings is 1. The van der Waals surface area contributed by atoms with E-state index in [1.54, 1.807) is 4.90 Å². The van der Waals surface area contributed by atoms with Crippen LogP contribution in [-0.4, -0.2) is 28.6 Å². The van der Waals surface area contributed by atoms with Gasteiger partial charge in [0.05, 0.1) is 12.6 Å². The van der Waals surface area contributed by atoms with Crippen molar-refractivity contribution in [3.05, 3.63) is 35.9 Å². The third kappa shape index (κ3) is 2.18. The molecular formula is C12H15NO2. The summed E-state index contributed by atoms with van der Waals surface area (Å²) in [5, 5.41) is 9.14. The summed E-state index contributed by atoms with van der Waals surface area (Å²) < 4.78 is 0. The Bertz CT molecular complexity index is 337. The summed E-state index contributed by atoms with van der Waals surface area (Å²) in [4.78, 5) is 13.3. The number of nitrogens with zero attached hydrogens (tertiary/aromatic N) is 1. The zero-order valence-corrected chi connectivity index (χ0v) is 8.60. The smallest absolute Gasteiger partial charge is 0.223 e. The largest absolute Gasteiger partial charge is 0.394 e. The van der Waals surface area contributed by atoms with Gasteiger partial charge < -0.3 is 10.0 Å². The van der Waals surface area contributed by atoms with Gasteiger partial charge in [0.1, 0.15) is 0 Å². The van der Waals surface area contributed by atoms with E-state index in [0.717, 1.165) is 12.0 Å². The maximum atomic E-state index is 11.6. The molecular weight excluding hydrogens is 190 g/mol. The van der Waals surface area contributed by atoms with Crippen molar-refractivity contribution in [1.82, 2.24) is 4.90 Å². The Kier molecular flexibility index (Phi) is 3.02. The summed E-state index contributed by atoms with van der Waals surface area (Å²) >= 11 is 0. The first-order valence-corrected chi connectivity index (χ1v) is 5.25. The van der Waals surface area contributed by atoms with Crippen molar-refractivity contribution in [2.45, 2.75) is 25.4 Å². The first-order valence-electron chi connectivity index (χ1n) is 5.25. The normalized spacial score (nSPS) is 21.0. The molecule has 15 heavy (non-hydrogen) atoms. The third-order valence-electron chi connectivity index (χ3n) is 2.86. The first-order chi connectivity index (χ1) is 7.31. The highest BCUT2D eigenvalue weighted by Gasteiger charge is 2.29. The molecule has 0 bridgehead atoms. The van der Waals surface area contributed by atoms with Gasteiger partial charge in [-0.3, -0.25) is 4.79 Å². The minimum atomic E-state index is 0.0118. The van der Waals surface area contributed by atoms with Gasteiger partial charge in [-0.2, -0.15) is 0 Å². The fraction of sp³-hybridized carbons (Fsp3) is 0.417. The Balaban J connectivity index is 2.07. The van der Waals surface area contributed by atoms with Gasteiger partial charge in [-0.05, 0) is 12.0 Å². The topological polar surface area (TPSA) is 40.5 Å². The Morgan fingerprint density at radius 3 is 2.73 bits per heavy atom. The number of likely N-dealkylation sites (tertiary alicyclic amines) is 1. The van der Waals surface area contributed by atoms with Gasteiger partial charge in [0, 0.05) is 13.0 Å². The summed E-state index contributed by atoms with van der Waals surface area (Å²) in [6, 6.07) is 9.89. The molecule has 3 nitrogen and oxygen atoms in total. The number of hydrogen-bond acceptors (Lipinski definition) is 2. The SMILES string of the molecule is O=C1CC[C@H](CO)N1Cc1ccccc1. The van der Waals surface area contributed by atoms with Crippen LogP contribution in [0.15, 0.2) is 30.3 Å². The van der Waals surface area contributed by atoms with E-state index in [1.165, 1.54) is 0 Å². The molecule has 1 aromatic rings. The van der Waals surface area contributed by atoms with Crippen LogP contribution in [0.1, 0.15) is 18.4 Å². The average Bonchev–Trinajstić information content (AvgIpc) is 2.62. The lowest BCUT2D eigenvalue weighted by atomic mass is 10.2. The molecule has 0 spiro atoms. The van der Waals surface area contributed by atoms with Gasteiger partial charge in [0.25, 0.3) is 0 Å². The van der Waals surface area contributed by atoms with Crippen molar-refractivity contribution in [2.75, 3.05) is 6.61 Å². The minimum Gasteiger partial charge on any atom is -0.394 e. The summed E-state index contributed by atoms with van der Waals surface area (Å²) in [6.07, 6.45) is 1.35. The molecule has 0 unspecified atom stereocenters. The fourth-order valence-corrected chi connectivity index (χ4v) is 1.98. The molecule has 80 valence electrons. The zero-order chi connectivity index (χ0) is 10.7. The number of amides is 1. The lowest BCUT2D eigenvalue weighted by Gasteiger charge is -2.23. The lowest BCUT2D eigenvalue weighted by molar-refractivity contribution is -0.130. The van der Waals surface area contributed by atoms with Crippen LogP contribution in [0.4, 0.5) is 0 Å². The predicted molar refractivity (Wildman–Crippen MR) is 57.1 cm³/mol. The molecule has 1 heterocycles. The van der Waals surface area contributed by atoms with Crippen molar-refractivity contribution < 1.29 is 9.90 Å². The molecule has 1 aromatic carbocycles. The van der Waals surface area contributed by atoms with Crippen LogP contribution >= 0.6 is 0 Å². The Labute approximate surface area is 89.3 Å². The summed E-state index contributed by atoms with van der Waals surface area (Å²) in [5.74, 6) is 0.151.